The number of alkyl halides is 1. The summed E-state index contributed by atoms with van der Waals surface area (Å²) in [5.41, 5.74) is 0.302. The van der Waals surface area contributed by atoms with E-state index in [0.717, 1.165) is 0 Å². The Labute approximate surface area is 143 Å². The standard InChI is InChI=1S/C13H7BrCl3NO3/c14-9-4-11(17)13(5-10(9)16)21-8-1-2-12(18(19)20)7(3-8)6-15/h1-5H,6H2. The van der Waals surface area contributed by atoms with Gasteiger partial charge in [0.05, 0.1) is 20.8 Å². The quantitative estimate of drug-likeness (QED) is 0.261. The van der Waals surface area contributed by atoms with Gasteiger partial charge in [-0.1, -0.05) is 23.2 Å². The molecule has 0 atom stereocenters. The summed E-state index contributed by atoms with van der Waals surface area (Å²) in [5.74, 6) is 0.735. The summed E-state index contributed by atoms with van der Waals surface area (Å²) in [6.45, 7) is 0. The highest BCUT2D eigenvalue weighted by Gasteiger charge is 2.15. The number of hydrogen-bond donors (Lipinski definition) is 0. The van der Waals surface area contributed by atoms with Crippen molar-refractivity contribution >= 4 is 56.4 Å². The Morgan fingerprint density at radius 2 is 1.90 bits per heavy atom. The van der Waals surface area contributed by atoms with E-state index in [4.69, 9.17) is 39.5 Å². The van der Waals surface area contributed by atoms with Crippen molar-refractivity contribution in [1.82, 2.24) is 0 Å². The minimum Gasteiger partial charge on any atom is -0.456 e. The Morgan fingerprint density at radius 1 is 1.19 bits per heavy atom. The largest absolute Gasteiger partial charge is 0.456 e. The predicted molar refractivity (Wildman–Crippen MR) is 86.9 cm³/mol. The Morgan fingerprint density at radius 3 is 2.52 bits per heavy atom. The molecule has 0 N–H and O–H groups in total. The molecule has 0 fully saturated rings. The normalized spacial score (nSPS) is 10.5. The maximum absolute atomic E-state index is 10.8. The predicted octanol–water partition coefficient (Wildman–Crippen LogP) is 6.20. The fraction of sp³-hybridized carbons (Fsp3) is 0.0769. The van der Waals surface area contributed by atoms with Crippen LogP contribution < -0.4 is 4.74 Å². The van der Waals surface area contributed by atoms with Crippen molar-refractivity contribution in [1.29, 1.82) is 0 Å². The van der Waals surface area contributed by atoms with Gasteiger partial charge in [0.25, 0.3) is 5.69 Å². The lowest BCUT2D eigenvalue weighted by atomic mass is 10.2. The van der Waals surface area contributed by atoms with Crippen LogP contribution in [0.25, 0.3) is 0 Å². The highest BCUT2D eigenvalue weighted by atomic mass is 79.9. The van der Waals surface area contributed by atoms with E-state index in [1.54, 1.807) is 12.1 Å². The maximum Gasteiger partial charge on any atom is 0.274 e. The molecule has 0 aliphatic carbocycles. The minimum absolute atomic E-state index is 0.00232. The summed E-state index contributed by atoms with van der Waals surface area (Å²) in [6, 6.07) is 7.46. The molecule has 110 valence electrons. The van der Waals surface area contributed by atoms with Crippen molar-refractivity contribution in [3.63, 3.8) is 0 Å². The summed E-state index contributed by atoms with van der Waals surface area (Å²) in [7, 11) is 0. The van der Waals surface area contributed by atoms with E-state index in [1.165, 1.54) is 18.2 Å². The fourth-order valence-electron chi connectivity index (χ4n) is 1.62. The van der Waals surface area contributed by atoms with Gasteiger partial charge >= 0.3 is 0 Å². The first-order valence-electron chi connectivity index (χ1n) is 5.58. The molecule has 0 unspecified atom stereocenters. The Balaban J connectivity index is 2.36. The number of nitrogens with zero attached hydrogens (tertiary/aromatic N) is 1. The van der Waals surface area contributed by atoms with Gasteiger partial charge < -0.3 is 4.74 Å². The fourth-order valence-corrected chi connectivity index (χ4v) is 2.67. The van der Waals surface area contributed by atoms with E-state index >= 15 is 0 Å². The molecule has 0 saturated heterocycles. The molecule has 0 radical (unpaired) electrons. The average Bonchev–Trinajstić information content (AvgIpc) is 2.44. The summed E-state index contributed by atoms with van der Waals surface area (Å²) in [5, 5.41) is 11.6. The lowest BCUT2D eigenvalue weighted by Gasteiger charge is -2.10. The van der Waals surface area contributed by atoms with Gasteiger partial charge in [-0.3, -0.25) is 10.1 Å². The third-order valence-corrected chi connectivity index (χ3v) is 4.37. The second-order valence-electron chi connectivity index (χ2n) is 3.98. The van der Waals surface area contributed by atoms with Crippen LogP contribution in [0.2, 0.25) is 10.0 Å². The number of nitro groups is 1. The number of benzene rings is 2. The van der Waals surface area contributed by atoms with Crippen LogP contribution in [0, 0.1) is 10.1 Å². The summed E-state index contributed by atoms with van der Waals surface area (Å²) in [4.78, 5) is 10.4. The molecule has 2 aromatic carbocycles. The van der Waals surface area contributed by atoms with E-state index in [9.17, 15) is 10.1 Å². The lowest BCUT2D eigenvalue weighted by molar-refractivity contribution is -0.385. The van der Waals surface area contributed by atoms with Gasteiger partial charge in [-0.15, -0.1) is 11.6 Å². The molecular formula is C13H7BrCl3NO3. The first-order chi connectivity index (χ1) is 9.92. The van der Waals surface area contributed by atoms with Gasteiger partial charge in [-0.2, -0.15) is 0 Å². The van der Waals surface area contributed by atoms with Crippen LogP contribution in [0.4, 0.5) is 5.69 Å². The zero-order valence-electron chi connectivity index (χ0n) is 10.3. The zero-order valence-corrected chi connectivity index (χ0v) is 14.1. The third-order valence-electron chi connectivity index (χ3n) is 2.59. The molecule has 2 rings (SSSR count). The Bertz CT molecular complexity index is 709. The number of rotatable bonds is 4. The third kappa shape index (κ3) is 3.80. The van der Waals surface area contributed by atoms with Crippen molar-refractivity contribution < 1.29 is 9.66 Å². The van der Waals surface area contributed by atoms with Crippen molar-refractivity contribution in [2.75, 3.05) is 0 Å². The van der Waals surface area contributed by atoms with E-state index in [2.05, 4.69) is 15.9 Å². The smallest absolute Gasteiger partial charge is 0.274 e. The van der Waals surface area contributed by atoms with Gasteiger partial charge in [0.1, 0.15) is 11.5 Å². The summed E-state index contributed by atoms with van der Waals surface area (Å²) < 4.78 is 6.25. The molecule has 0 aliphatic heterocycles. The second kappa shape index (κ2) is 6.83. The van der Waals surface area contributed by atoms with Crippen LogP contribution in [0.5, 0.6) is 11.5 Å². The Kier molecular flexibility index (Phi) is 5.32. The van der Waals surface area contributed by atoms with E-state index in [1.807, 2.05) is 0 Å². The SMILES string of the molecule is O=[N+]([O-])c1ccc(Oc2cc(Cl)c(Br)cc2Cl)cc1CCl. The van der Waals surface area contributed by atoms with Crippen LogP contribution in [0.1, 0.15) is 5.56 Å². The molecule has 0 amide bonds. The highest BCUT2D eigenvalue weighted by Crippen LogP contribution is 2.37. The van der Waals surface area contributed by atoms with Crippen molar-refractivity contribution in [2.24, 2.45) is 0 Å². The first-order valence-corrected chi connectivity index (χ1v) is 7.66. The lowest BCUT2D eigenvalue weighted by Crippen LogP contribution is -1.94. The summed E-state index contributed by atoms with van der Waals surface area (Å²) >= 11 is 21.0. The van der Waals surface area contributed by atoms with Crippen molar-refractivity contribution in [2.45, 2.75) is 5.88 Å². The second-order valence-corrected chi connectivity index (χ2v) is 5.92. The molecule has 2 aromatic rings. The van der Waals surface area contributed by atoms with Gasteiger partial charge in [0, 0.05) is 22.2 Å². The van der Waals surface area contributed by atoms with Crippen molar-refractivity contribution in [3.05, 3.63) is 60.5 Å². The minimum atomic E-state index is -0.495. The van der Waals surface area contributed by atoms with Crippen LogP contribution in [0.15, 0.2) is 34.8 Å². The molecule has 0 aliphatic rings. The van der Waals surface area contributed by atoms with E-state index < -0.39 is 4.92 Å². The molecule has 0 aromatic heterocycles. The molecule has 0 bridgehead atoms. The monoisotopic (exact) mass is 409 g/mol. The van der Waals surface area contributed by atoms with Gasteiger partial charge in [-0.05, 0) is 34.1 Å². The molecule has 0 saturated carbocycles. The average molecular weight is 411 g/mol. The molecule has 8 heteroatoms. The van der Waals surface area contributed by atoms with Crippen molar-refractivity contribution in [3.8, 4) is 11.5 Å². The number of hydrogen-bond acceptors (Lipinski definition) is 3. The van der Waals surface area contributed by atoms with Crippen LogP contribution in [0.3, 0.4) is 0 Å². The molecule has 0 spiro atoms. The number of nitro benzene ring substituents is 1. The van der Waals surface area contributed by atoms with Crippen LogP contribution >= 0.6 is 50.7 Å². The molecule has 4 nitrogen and oxygen atoms in total. The van der Waals surface area contributed by atoms with Crippen LogP contribution in [-0.2, 0) is 5.88 Å². The molecule has 0 heterocycles. The summed E-state index contributed by atoms with van der Waals surface area (Å²) in [6.07, 6.45) is 0. The molecule has 21 heavy (non-hydrogen) atoms. The molecular weight excluding hydrogens is 404 g/mol. The van der Waals surface area contributed by atoms with Crippen LogP contribution in [-0.4, -0.2) is 4.92 Å². The Hall–Kier alpha value is -1.01. The highest BCUT2D eigenvalue weighted by molar-refractivity contribution is 9.10. The van der Waals surface area contributed by atoms with Gasteiger partial charge in [-0.25, -0.2) is 0 Å². The zero-order chi connectivity index (χ0) is 15.6. The number of halogens is 4. The van der Waals surface area contributed by atoms with E-state index in [0.29, 0.717) is 31.6 Å². The number of ether oxygens (including phenoxy) is 1. The van der Waals surface area contributed by atoms with E-state index in [-0.39, 0.29) is 11.6 Å². The van der Waals surface area contributed by atoms with Gasteiger partial charge in [0.2, 0.25) is 0 Å². The topological polar surface area (TPSA) is 52.4 Å². The van der Waals surface area contributed by atoms with Gasteiger partial charge in [0.15, 0.2) is 0 Å². The maximum atomic E-state index is 10.8. The first kappa shape index (κ1) is 16.4.